The van der Waals surface area contributed by atoms with Crippen molar-refractivity contribution in [2.24, 2.45) is 5.92 Å². The van der Waals surface area contributed by atoms with E-state index in [1.54, 1.807) is 0 Å². The number of ether oxygens (including phenoxy) is 1. The van der Waals surface area contributed by atoms with Crippen LogP contribution in [0.3, 0.4) is 0 Å². The number of hydrogen-bond acceptors (Lipinski definition) is 3. The van der Waals surface area contributed by atoms with E-state index in [2.05, 4.69) is 0 Å². The Hall–Kier alpha value is -0.0900. The minimum atomic E-state index is -2.76. The molecule has 0 aromatic carbocycles. The van der Waals surface area contributed by atoms with Crippen molar-refractivity contribution < 1.29 is 13.2 Å². The molecule has 0 atom stereocenters. The largest absolute Gasteiger partial charge is 0.381 e. The molecule has 1 saturated heterocycles. The van der Waals surface area contributed by atoms with Crippen LogP contribution in [0, 0.1) is 5.92 Å². The fourth-order valence-electron chi connectivity index (χ4n) is 0.809. The minimum absolute atomic E-state index is 0.264. The summed E-state index contributed by atoms with van der Waals surface area (Å²) in [5, 5.41) is 0. The van der Waals surface area contributed by atoms with E-state index < -0.39 is 9.84 Å². The number of sulfone groups is 1. The van der Waals surface area contributed by atoms with Crippen molar-refractivity contribution in [3.05, 3.63) is 0 Å². The highest BCUT2D eigenvalue weighted by molar-refractivity contribution is 7.90. The molecule has 0 aliphatic carbocycles. The van der Waals surface area contributed by atoms with Crippen LogP contribution in [0.5, 0.6) is 0 Å². The van der Waals surface area contributed by atoms with Crippen LogP contribution in [-0.4, -0.2) is 33.6 Å². The van der Waals surface area contributed by atoms with Crippen molar-refractivity contribution in [1.29, 1.82) is 0 Å². The molecule has 0 spiro atoms. The highest BCUT2D eigenvalue weighted by atomic mass is 32.2. The molecule has 3 nitrogen and oxygen atoms in total. The molecule has 1 heterocycles. The topological polar surface area (TPSA) is 43.4 Å². The second kappa shape index (κ2) is 2.27. The van der Waals surface area contributed by atoms with Crippen molar-refractivity contribution in [1.82, 2.24) is 0 Å². The van der Waals surface area contributed by atoms with Crippen molar-refractivity contribution in [2.45, 2.75) is 0 Å². The van der Waals surface area contributed by atoms with E-state index in [0.717, 1.165) is 0 Å². The normalized spacial score (nSPS) is 21.4. The summed E-state index contributed by atoms with van der Waals surface area (Å²) in [6, 6.07) is 0. The fourth-order valence-corrected chi connectivity index (χ4v) is 1.86. The van der Waals surface area contributed by atoms with Gasteiger partial charge in [-0.2, -0.15) is 0 Å². The van der Waals surface area contributed by atoms with Crippen molar-refractivity contribution >= 4 is 9.84 Å². The molecule has 9 heavy (non-hydrogen) atoms. The van der Waals surface area contributed by atoms with Gasteiger partial charge in [0.2, 0.25) is 0 Å². The lowest BCUT2D eigenvalue weighted by atomic mass is 10.1. The zero-order valence-corrected chi connectivity index (χ0v) is 6.15. The molecule has 4 heteroatoms. The van der Waals surface area contributed by atoms with Gasteiger partial charge < -0.3 is 4.74 Å². The van der Waals surface area contributed by atoms with Gasteiger partial charge in [0, 0.05) is 12.2 Å². The van der Waals surface area contributed by atoms with Crippen LogP contribution >= 0.6 is 0 Å². The van der Waals surface area contributed by atoms with Crippen molar-refractivity contribution in [3.63, 3.8) is 0 Å². The lowest BCUT2D eigenvalue weighted by Gasteiger charge is -2.24. The minimum Gasteiger partial charge on any atom is -0.381 e. The van der Waals surface area contributed by atoms with Crippen molar-refractivity contribution in [2.75, 3.05) is 25.2 Å². The quantitative estimate of drug-likeness (QED) is 0.541. The smallest absolute Gasteiger partial charge is 0.147 e. The van der Waals surface area contributed by atoms with Gasteiger partial charge in [0.15, 0.2) is 0 Å². The summed E-state index contributed by atoms with van der Waals surface area (Å²) in [6.07, 6.45) is 1.26. The Kier molecular flexibility index (Phi) is 1.77. The SMILES string of the molecule is CS(=O)(=O)CC1COC1. The zero-order chi connectivity index (χ0) is 6.91. The van der Waals surface area contributed by atoms with Crippen LogP contribution in [0.1, 0.15) is 0 Å². The first-order valence-corrected chi connectivity index (χ1v) is 4.89. The van der Waals surface area contributed by atoms with Gasteiger partial charge in [-0.05, 0) is 0 Å². The van der Waals surface area contributed by atoms with Crippen LogP contribution in [0.15, 0.2) is 0 Å². The Morgan fingerprint density at radius 2 is 2.11 bits per heavy atom. The Bertz CT molecular complexity index is 178. The second-order valence-corrected chi connectivity index (χ2v) is 4.68. The molecule has 1 rings (SSSR count). The van der Waals surface area contributed by atoms with Gasteiger partial charge in [-0.1, -0.05) is 0 Å². The molecule has 0 N–H and O–H groups in total. The Morgan fingerprint density at radius 1 is 1.56 bits per heavy atom. The van der Waals surface area contributed by atoms with E-state index in [4.69, 9.17) is 4.74 Å². The Labute approximate surface area is 54.9 Å². The maximum Gasteiger partial charge on any atom is 0.147 e. The molecule has 0 aromatic rings. The maximum absolute atomic E-state index is 10.6. The summed E-state index contributed by atoms with van der Waals surface area (Å²) in [6.45, 7) is 1.24. The summed E-state index contributed by atoms with van der Waals surface area (Å²) in [7, 11) is -2.76. The zero-order valence-electron chi connectivity index (χ0n) is 5.33. The lowest BCUT2D eigenvalue weighted by molar-refractivity contribution is -0.0203. The standard InChI is InChI=1S/C5H10O3S/c1-9(6,7)4-5-2-8-3-5/h5H,2-4H2,1H3. The first kappa shape index (κ1) is 7.02. The summed E-state index contributed by atoms with van der Waals surface area (Å²) in [5.74, 6) is 0.549. The molecular formula is C5H10O3S. The average Bonchev–Trinajstić information content (AvgIpc) is 1.53. The van der Waals surface area contributed by atoms with E-state index >= 15 is 0 Å². The van der Waals surface area contributed by atoms with Gasteiger partial charge in [-0.15, -0.1) is 0 Å². The summed E-state index contributed by atoms with van der Waals surface area (Å²) in [4.78, 5) is 0. The third-order valence-electron chi connectivity index (χ3n) is 1.25. The number of hydrogen-bond donors (Lipinski definition) is 0. The first-order chi connectivity index (χ1) is 4.08. The highest BCUT2D eigenvalue weighted by Gasteiger charge is 2.22. The predicted octanol–water partition coefficient (Wildman–Crippen LogP) is -0.323. The average molecular weight is 150 g/mol. The molecule has 0 radical (unpaired) electrons. The van der Waals surface area contributed by atoms with E-state index in [-0.39, 0.29) is 11.7 Å². The summed E-state index contributed by atoms with van der Waals surface area (Å²) in [5.41, 5.74) is 0. The third kappa shape index (κ3) is 2.32. The molecule has 54 valence electrons. The molecule has 1 fully saturated rings. The molecular weight excluding hydrogens is 140 g/mol. The second-order valence-electron chi connectivity index (χ2n) is 2.50. The van der Waals surface area contributed by atoms with Gasteiger partial charge in [0.05, 0.1) is 19.0 Å². The van der Waals surface area contributed by atoms with Gasteiger partial charge in [-0.3, -0.25) is 0 Å². The van der Waals surface area contributed by atoms with E-state index in [0.29, 0.717) is 13.2 Å². The fraction of sp³-hybridized carbons (Fsp3) is 1.00. The summed E-state index contributed by atoms with van der Waals surface area (Å²) >= 11 is 0. The van der Waals surface area contributed by atoms with Crippen LogP contribution < -0.4 is 0 Å². The molecule has 0 saturated carbocycles. The number of rotatable bonds is 2. The molecule has 1 aliphatic heterocycles. The van der Waals surface area contributed by atoms with E-state index in [1.807, 2.05) is 0 Å². The predicted molar refractivity (Wildman–Crippen MR) is 34.0 cm³/mol. The Balaban J connectivity index is 2.33. The molecule has 0 amide bonds. The summed E-state index contributed by atoms with van der Waals surface area (Å²) < 4.78 is 26.0. The molecule has 1 aliphatic rings. The van der Waals surface area contributed by atoms with Gasteiger partial charge in [0.1, 0.15) is 9.84 Å². The van der Waals surface area contributed by atoms with Gasteiger partial charge in [-0.25, -0.2) is 8.42 Å². The molecule has 0 unspecified atom stereocenters. The van der Waals surface area contributed by atoms with Crippen LogP contribution in [0.25, 0.3) is 0 Å². The monoisotopic (exact) mass is 150 g/mol. The highest BCUT2D eigenvalue weighted by Crippen LogP contribution is 2.11. The van der Waals surface area contributed by atoms with Crippen LogP contribution in [0.2, 0.25) is 0 Å². The van der Waals surface area contributed by atoms with E-state index in [1.165, 1.54) is 6.26 Å². The van der Waals surface area contributed by atoms with Gasteiger partial charge >= 0.3 is 0 Å². The van der Waals surface area contributed by atoms with Crippen LogP contribution in [0.4, 0.5) is 0 Å². The lowest BCUT2D eigenvalue weighted by Crippen LogP contribution is -2.33. The first-order valence-electron chi connectivity index (χ1n) is 2.83. The Morgan fingerprint density at radius 3 is 2.22 bits per heavy atom. The molecule has 0 bridgehead atoms. The maximum atomic E-state index is 10.6. The van der Waals surface area contributed by atoms with E-state index in [9.17, 15) is 8.42 Å². The molecule has 0 aromatic heterocycles. The van der Waals surface area contributed by atoms with Crippen LogP contribution in [-0.2, 0) is 14.6 Å². The third-order valence-corrected chi connectivity index (χ3v) is 2.32. The van der Waals surface area contributed by atoms with Crippen molar-refractivity contribution in [3.8, 4) is 0 Å². The van der Waals surface area contributed by atoms with Gasteiger partial charge in [0.25, 0.3) is 0 Å².